The second kappa shape index (κ2) is 7.46. The summed E-state index contributed by atoms with van der Waals surface area (Å²) in [7, 11) is 0. The first-order chi connectivity index (χ1) is 12.3. The molecule has 9 heteroatoms. The summed E-state index contributed by atoms with van der Waals surface area (Å²) in [6.07, 6.45) is 0.116. The van der Waals surface area contributed by atoms with E-state index in [9.17, 15) is 14.4 Å². The van der Waals surface area contributed by atoms with Crippen LogP contribution < -0.4 is 5.56 Å². The lowest BCUT2D eigenvalue weighted by molar-refractivity contribution is -0.144. The Balaban J connectivity index is 1.56. The predicted octanol–water partition coefficient (Wildman–Crippen LogP) is 2.84. The molecule has 0 fully saturated rings. The topological polar surface area (TPSA) is 90.6 Å². The molecule has 7 nitrogen and oxygen atoms in total. The number of esters is 1. The van der Waals surface area contributed by atoms with Gasteiger partial charge in [0, 0.05) is 33.5 Å². The molecule has 0 aromatic carbocycles. The van der Waals surface area contributed by atoms with E-state index in [0.29, 0.717) is 21.2 Å². The summed E-state index contributed by atoms with van der Waals surface area (Å²) in [5, 5.41) is 4.58. The molecular formula is C17H17N3O4S2. The highest BCUT2D eigenvalue weighted by molar-refractivity contribution is 7.16. The van der Waals surface area contributed by atoms with E-state index in [2.05, 4.69) is 10.1 Å². The van der Waals surface area contributed by atoms with Crippen LogP contribution in [0.4, 0.5) is 0 Å². The third kappa shape index (κ3) is 4.05. The third-order valence-corrected chi connectivity index (χ3v) is 5.52. The van der Waals surface area contributed by atoms with Crippen LogP contribution in [0.2, 0.25) is 0 Å². The van der Waals surface area contributed by atoms with Gasteiger partial charge in [-0.15, -0.1) is 11.3 Å². The fourth-order valence-corrected chi connectivity index (χ4v) is 4.29. The molecule has 3 rings (SSSR count). The average Bonchev–Trinajstić information content (AvgIpc) is 3.13. The first kappa shape index (κ1) is 18.4. The van der Waals surface area contributed by atoms with E-state index in [-0.39, 0.29) is 30.8 Å². The minimum atomic E-state index is -0.473. The Hall–Kier alpha value is -2.39. The van der Waals surface area contributed by atoms with Crippen LogP contribution in [0.25, 0.3) is 4.96 Å². The van der Waals surface area contributed by atoms with Gasteiger partial charge in [0.25, 0.3) is 5.56 Å². The lowest BCUT2D eigenvalue weighted by Crippen LogP contribution is -2.14. The second-order valence-corrected chi connectivity index (χ2v) is 8.34. The maximum atomic E-state index is 12.2. The number of thiophene rings is 1. The van der Waals surface area contributed by atoms with Gasteiger partial charge in [-0.2, -0.15) is 9.61 Å². The normalized spacial score (nSPS) is 11.0. The van der Waals surface area contributed by atoms with Crippen LogP contribution in [-0.4, -0.2) is 26.4 Å². The number of rotatable bonds is 6. The Labute approximate surface area is 157 Å². The van der Waals surface area contributed by atoms with E-state index in [1.807, 2.05) is 19.9 Å². The smallest absolute Gasteiger partial charge is 0.306 e. The van der Waals surface area contributed by atoms with E-state index >= 15 is 0 Å². The van der Waals surface area contributed by atoms with Gasteiger partial charge in [-0.1, -0.05) is 11.3 Å². The van der Waals surface area contributed by atoms with Gasteiger partial charge >= 0.3 is 5.97 Å². The first-order valence-electron chi connectivity index (χ1n) is 7.96. The Bertz CT molecular complexity index is 1050. The molecule has 3 aromatic rings. The number of aryl methyl sites for hydroxylation is 3. The van der Waals surface area contributed by atoms with E-state index in [0.717, 1.165) is 9.75 Å². The van der Waals surface area contributed by atoms with Crippen LogP contribution in [0.15, 0.2) is 16.9 Å². The lowest BCUT2D eigenvalue weighted by atomic mass is 10.1. The highest BCUT2D eigenvalue weighted by Gasteiger charge is 2.15. The van der Waals surface area contributed by atoms with Crippen molar-refractivity contribution >= 4 is 39.4 Å². The Morgan fingerprint density at radius 2 is 1.92 bits per heavy atom. The molecule has 26 heavy (non-hydrogen) atoms. The highest BCUT2D eigenvalue weighted by Crippen LogP contribution is 2.22. The molecule has 0 N–H and O–H groups in total. The van der Waals surface area contributed by atoms with Crippen LogP contribution in [0.3, 0.4) is 0 Å². The molecule has 0 atom stereocenters. The van der Waals surface area contributed by atoms with Gasteiger partial charge in [0.2, 0.25) is 4.96 Å². The number of carbonyl (C=O) groups excluding carboxylic acids is 2. The van der Waals surface area contributed by atoms with Gasteiger partial charge in [0.15, 0.2) is 10.8 Å². The Morgan fingerprint density at radius 1 is 1.15 bits per heavy atom. The molecule has 3 aromatic heterocycles. The maximum Gasteiger partial charge on any atom is 0.306 e. The minimum Gasteiger partial charge on any atom is -0.458 e. The van der Waals surface area contributed by atoms with Crippen molar-refractivity contribution in [3.05, 3.63) is 48.5 Å². The maximum absolute atomic E-state index is 12.2. The monoisotopic (exact) mass is 391 g/mol. The molecular weight excluding hydrogens is 374 g/mol. The van der Waals surface area contributed by atoms with Gasteiger partial charge in [-0.05, 0) is 26.8 Å². The largest absolute Gasteiger partial charge is 0.458 e. The fourth-order valence-electron chi connectivity index (χ4n) is 2.49. The molecule has 136 valence electrons. The number of hydrogen-bond donors (Lipinski definition) is 0. The number of ketones is 1. The van der Waals surface area contributed by atoms with Crippen LogP contribution in [0.1, 0.15) is 43.7 Å². The molecule has 0 aliphatic carbocycles. The van der Waals surface area contributed by atoms with Crippen molar-refractivity contribution in [2.45, 2.75) is 40.2 Å². The quantitative estimate of drug-likeness (QED) is 0.474. The van der Waals surface area contributed by atoms with Gasteiger partial charge in [-0.3, -0.25) is 14.4 Å². The van der Waals surface area contributed by atoms with Crippen molar-refractivity contribution in [2.24, 2.45) is 0 Å². The summed E-state index contributed by atoms with van der Waals surface area (Å²) in [4.78, 5) is 42.6. The van der Waals surface area contributed by atoms with Crippen LogP contribution >= 0.6 is 22.7 Å². The number of aromatic nitrogens is 3. The third-order valence-electron chi connectivity index (χ3n) is 3.67. The van der Waals surface area contributed by atoms with E-state index in [1.165, 1.54) is 21.9 Å². The summed E-state index contributed by atoms with van der Waals surface area (Å²) in [6.45, 7) is 5.53. The summed E-state index contributed by atoms with van der Waals surface area (Å²) in [6, 6.07) is 3.24. The van der Waals surface area contributed by atoms with Gasteiger partial charge in [0.05, 0.1) is 6.42 Å². The summed E-state index contributed by atoms with van der Waals surface area (Å²) in [5.74, 6) is -0.534. The molecule has 0 aliphatic heterocycles. The average molecular weight is 391 g/mol. The number of fused-ring (bicyclic) bond motifs is 1. The molecule has 0 amide bonds. The zero-order valence-electron chi connectivity index (χ0n) is 14.6. The van der Waals surface area contributed by atoms with Crippen molar-refractivity contribution in [2.75, 3.05) is 0 Å². The number of carbonyl (C=O) groups is 2. The zero-order valence-corrected chi connectivity index (χ0v) is 16.2. The van der Waals surface area contributed by atoms with E-state index in [1.54, 1.807) is 18.3 Å². The number of Topliss-reactive ketones (excluding diaryl/α,β-unsaturated/α-hetero) is 1. The first-order valence-corrected chi connectivity index (χ1v) is 9.59. The molecule has 0 saturated carbocycles. The standard InChI is InChI=1S/C17H17N3O4S2/c1-9-6-15(22)20-17(18-9)26-14(19-20)8-24-16(23)5-4-13(21)12-7-10(2)25-11(12)3/h6-7H,4-5,8H2,1-3H3. The second-order valence-electron chi connectivity index (χ2n) is 5.84. The van der Waals surface area contributed by atoms with Crippen molar-refractivity contribution in [3.8, 4) is 0 Å². The Morgan fingerprint density at radius 3 is 2.62 bits per heavy atom. The summed E-state index contributed by atoms with van der Waals surface area (Å²) >= 11 is 2.76. The van der Waals surface area contributed by atoms with E-state index < -0.39 is 5.97 Å². The highest BCUT2D eigenvalue weighted by atomic mass is 32.1. The van der Waals surface area contributed by atoms with Gasteiger partial charge in [0.1, 0.15) is 6.61 Å². The molecule has 0 bridgehead atoms. The van der Waals surface area contributed by atoms with Crippen molar-refractivity contribution in [1.29, 1.82) is 0 Å². The SMILES string of the molecule is Cc1cc(=O)n2nc(COC(=O)CCC(=O)c3cc(C)sc3C)sc2n1. The Kier molecular flexibility index (Phi) is 5.28. The molecule has 0 aliphatic rings. The molecule has 0 unspecified atom stereocenters. The molecule has 3 heterocycles. The zero-order chi connectivity index (χ0) is 18.8. The predicted molar refractivity (Wildman–Crippen MR) is 99.0 cm³/mol. The van der Waals surface area contributed by atoms with Crippen molar-refractivity contribution in [3.63, 3.8) is 0 Å². The van der Waals surface area contributed by atoms with Crippen molar-refractivity contribution < 1.29 is 14.3 Å². The minimum absolute atomic E-state index is 0.00929. The van der Waals surface area contributed by atoms with E-state index in [4.69, 9.17) is 4.74 Å². The lowest BCUT2D eigenvalue weighted by Gasteiger charge is -2.02. The van der Waals surface area contributed by atoms with Gasteiger partial charge < -0.3 is 4.74 Å². The van der Waals surface area contributed by atoms with Crippen molar-refractivity contribution in [1.82, 2.24) is 14.6 Å². The van der Waals surface area contributed by atoms with Crippen LogP contribution in [-0.2, 0) is 16.1 Å². The van der Waals surface area contributed by atoms with Crippen LogP contribution in [0, 0.1) is 20.8 Å². The summed E-state index contributed by atoms with van der Waals surface area (Å²) in [5.41, 5.74) is 1.01. The number of nitrogens with zero attached hydrogens (tertiary/aromatic N) is 3. The van der Waals surface area contributed by atoms with Gasteiger partial charge in [-0.25, -0.2) is 4.98 Å². The fraction of sp³-hybridized carbons (Fsp3) is 0.353. The molecule has 0 radical (unpaired) electrons. The molecule has 0 spiro atoms. The number of ether oxygens (including phenoxy) is 1. The molecule has 0 saturated heterocycles. The summed E-state index contributed by atoms with van der Waals surface area (Å²) < 4.78 is 6.35. The number of hydrogen-bond acceptors (Lipinski definition) is 8. The van der Waals surface area contributed by atoms with Crippen LogP contribution in [0.5, 0.6) is 0 Å².